The van der Waals surface area contributed by atoms with Crippen LogP contribution < -0.4 is 0 Å². The Hall–Kier alpha value is 0.177. The fourth-order valence-electron chi connectivity index (χ4n) is 3.40. The van der Waals surface area contributed by atoms with E-state index < -0.39 is 8.32 Å². The predicted molar refractivity (Wildman–Crippen MR) is 83.5 cm³/mol. The molecule has 0 unspecified atom stereocenters. The van der Waals surface area contributed by atoms with Crippen molar-refractivity contribution in [1.29, 1.82) is 0 Å². The Balaban J connectivity index is 2.48. The highest BCUT2D eigenvalue weighted by Gasteiger charge is 2.35. The van der Waals surface area contributed by atoms with Gasteiger partial charge in [0.05, 0.1) is 0 Å². The molecule has 0 spiro atoms. The summed E-state index contributed by atoms with van der Waals surface area (Å²) in [4.78, 5) is 0. The third kappa shape index (κ3) is 4.09. The summed E-state index contributed by atoms with van der Waals surface area (Å²) in [5.41, 5.74) is 0.486. The SMILES string of the molecule is CC[Si](CC)(CC)OC1CCC(C(C)(C)C)CC1. The van der Waals surface area contributed by atoms with Crippen LogP contribution in [-0.4, -0.2) is 14.4 Å². The van der Waals surface area contributed by atoms with Crippen molar-refractivity contribution in [2.24, 2.45) is 11.3 Å². The van der Waals surface area contributed by atoms with Gasteiger partial charge in [0.2, 0.25) is 0 Å². The van der Waals surface area contributed by atoms with Crippen LogP contribution in [-0.2, 0) is 4.43 Å². The van der Waals surface area contributed by atoms with E-state index in [1.54, 1.807) is 0 Å². The molecule has 0 aromatic heterocycles. The van der Waals surface area contributed by atoms with Gasteiger partial charge in [0.1, 0.15) is 0 Å². The highest BCUT2D eigenvalue weighted by molar-refractivity contribution is 6.73. The zero-order chi connectivity index (χ0) is 13.8. The molecule has 0 bridgehead atoms. The van der Waals surface area contributed by atoms with Gasteiger partial charge in [0, 0.05) is 6.10 Å². The first-order chi connectivity index (χ1) is 8.37. The quantitative estimate of drug-likeness (QED) is 0.590. The Kier molecular flexibility index (Phi) is 5.92. The van der Waals surface area contributed by atoms with Crippen LogP contribution in [0.2, 0.25) is 18.1 Å². The first-order valence-corrected chi connectivity index (χ1v) is 10.6. The second-order valence-electron chi connectivity index (χ2n) is 7.20. The largest absolute Gasteiger partial charge is 0.414 e. The van der Waals surface area contributed by atoms with Crippen LogP contribution in [0.5, 0.6) is 0 Å². The summed E-state index contributed by atoms with van der Waals surface area (Å²) in [6.07, 6.45) is 5.92. The summed E-state index contributed by atoms with van der Waals surface area (Å²) in [6, 6.07) is 3.87. The summed E-state index contributed by atoms with van der Waals surface area (Å²) in [6.45, 7) is 14.2. The van der Waals surface area contributed by atoms with Gasteiger partial charge >= 0.3 is 0 Å². The minimum absolute atomic E-state index is 0.486. The lowest BCUT2D eigenvalue weighted by Crippen LogP contribution is -2.41. The van der Waals surface area contributed by atoms with Crippen LogP contribution in [0.1, 0.15) is 67.2 Å². The molecule has 1 aliphatic rings. The molecule has 0 atom stereocenters. The lowest BCUT2D eigenvalue weighted by molar-refractivity contribution is 0.0809. The van der Waals surface area contributed by atoms with E-state index in [1.165, 1.54) is 43.8 Å². The molecule has 0 N–H and O–H groups in total. The molecule has 0 aromatic carbocycles. The van der Waals surface area contributed by atoms with Gasteiger partial charge in [-0.15, -0.1) is 0 Å². The summed E-state index contributed by atoms with van der Waals surface area (Å²) in [7, 11) is -1.37. The van der Waals surface area contributed by atoms with Crippen molar-refractivity contribution in [2.75, 3.05) is 0 Å². The molecule has 1 nitrogen and oxygen atoms in total. The van der Waals surface area contributed by atoms with Crippen LogP contribution in [0, 0.1) is 11.3 Å². The molecular formula is C16H34OSi. The molecule has 1 rings (SSSR count). The van der Waals surface area contributed by atoms with E-state index in [-0.39, 0.29) is 0 Å². The van der Waals surface area contributed by atoms with Gasteiger partial charge in [-0.25, -0.2) is 0 Å². The van der Waals surface area contributed by atoms with E-state index in [4.69, 9.17) is 4.43 Å². The van der Waals surface area contributed by atoms with Gasteiger partial charge in [0.15, 0.2) is 8.32 Å². The Morgan fingerprint density at radius 2 is 1.33 bits per heavy atom. The van der Waals surface area contributed by atoms with Crippen molar-refractivity contribution in [3.05, 3.63) is 0 Å². The van der Waals surface area contributed by atoms with Crippen LogP contribution in [0.15, 0.2) is 0 Å². The smallest absolute Gasteiger partial charge is 0.192 e. The van der Waals surface area contributed by atoms with Crippen molar-refractivity contribution >= 4 is 8.32 Å². The lowest BCUT2D eigenvalue weighted by Gasteiger charge is -2.40. The summed E-state index contributed by atoms with van der Waals surface area (Å²) < 4.78 is 6.63. The Bertz CT molecular complexity index is 224. The molecule has 0 amide bonds. The van der Waals surface area contributed by atoms with E-state index in [9.17, 15) is 0 Å². The van der Waals surface area contributed by atoms with Crippen LogP contribution in [0.25, 0.3) is 0 Å². The van der Waals surface area contributed by atoms with Crippen LogP contribution in [0.4, 0.5) is 0 Å². The Labute approximate surface area is 116 Å². The van der Waals surface area contributed by atoms with Crippen molar-refractivity contribution in [2.45, 2.75) is 91.5 Å². The van der Waals surface area contributed by atoms with Crippen molar-refractivity contribution in [1.82, 2.24) is 0 Å². The second kappa shape index (κ2) is 6.56. The van der Waals surface area contributed by atoms with Crippen molar-refractivity contribution in [3.63, 3.8) is 0 Å². The van der Waals surface area contributed by atoms with Gasteiger partial charge in [-0.05, 0) is 55.1 Å². The van der Waals surface area contributed by atoms with Crippen LogP contribution >= 0.6 is 0 Å². The van der Waals surface area contributed by atoms with E-state index in [2.05, 4.69) is 41.5 Å². The standard InChI is InChI=1S/C16H34OSi/c1-7-18(8-2,9-3)17-15-12-10-14(11-13-15)16(4,5)6/h14-15H,7-13H2,1-6H3. The third-order valence-corrected chi connectivity index (χ3v) is 9.95. The molecule has 0 aliphatic heterocycles. The number of rotatable bonds is 5. The monoisotopic (exact) mass is 270 g/mol. The predicted octanol–water partition coefficient (Wildman–Crippen LogP) is 5.61. The van der Waals surface area contributed by atoms with E-state index >= 15 is 0 Å². The van der Waals surface area contributed by atoms with E-state index in [0.717, 1.165) is 5.92 Å². The molecule has 0 aromatic rings. The average molecular weight is 271 g/mol. The molecule has 18 heavy (non-hydrogen) atoms. The zero-order valence-corrected chi connectivity index (χ0v) is 14.5. The van der Waals surface area contributed by atoms with Crippen molar-refractivity contribution in [3.8, 4) is 0 Å². The summed E-state index contributed by atoms with van der Waals surface area (Å²) in [5, 5.41) is 0. The fraction of sp³-hybridized carbons (Fsp3) is 1.00. The fourth-order valence-corrected chi connectivity index (χ4v) is 6.34. The van der Waals surface area contributed by atoms with Gasteiger partial charge in [0.25, 0.3) is 0 Å². The Morgan fingerprint density at radius 3 is 1.67 bits per heavy atom. The molecule has 1 aliphatic carbocycles. The highest BCUT2D eigenvalue weighted by atomic mass is 28.4. The summed E-state index contributed by atoms with van der Waals surface area (Å²) >= 11 is 0. The maximum Gasteiger partial charge on any atom is 0.192 e. The highest BCUT2D eigenvalue weighted by Crippen LogP contribution is 2.39. The van der Waals surface area contributed by atoms with E-state index in [0.29, 0.717) is 11.5 Å². The number of hydrogen-bond acceptors (Lipinski definition) is 1. The van der Waals surface area contributed by atoms with Gasteiger partial charge in [-0.3, -0.25) is 0 Å². The molecule has 0 saturated heterocycles. The first kappa shape index (κ1) is 16.2. The normalized spacial score (nSPS) is 26.3. The third-order valence-electron chi connectivity index (χ3n) is 5.25. The van der Waals surface area contributed by atoms with Gasteiger partial charge in [-0.2, -0.15) is 0 Å². The van der Waals surface area contributed by atoms with Gasteiger partial charge < -0.3 is 4.43 Å². The lowest BCUT2D eigenvalue weighted by atomic mass is 9.72. The molecule has 1 saturated carbocycles. The average Bonchev–Trinajstić information content (AvgIpc) is 2.36. The molecule has 108 valence electrons. The minimum atomic E-state index is -1.37. The molecule has 2 heteroatoms. The molecule has 0 heterocycles. The molecule has 1 fully saturated rings. The topological polar surface area (TPSA) is 9.23 Å². The Morgan fingerprint density at radius 1 is 0.889 bits per heavy atom. The van der Waals surface area contributed by atoms with Crippen molar-refractivity contribution < 1.29 is 4.43 Å². The van der Waals surface area contributed by atoms with E-state index in [1.807, 2.05) is 0 Å². The number of hydrogen-bond donors (Lipinski definition) is 0. The maximum atomic E-state index is 6.63. The summed E-state index contributed by atoms with van der Waals surface area (Å²) in [5.74, 6) is 0.901. The zero-order valence-electron chi connectivity index (χ0n) is 13.5. The maximum absolute atomic E-state index is 6.63. The molecule has 0 radical (unpaired) electrons. The van der Waals surface area contributed by atoms with Gasteiger partial charge in [-0.1, -0.05) is 41.5 Å². The minimum Gasteiger partial charge on any atom is -0.414 e. The molecular weight excluding hydrogens is 236 g/mol. The first-order valence-electron chi connectivity index (χ1n) is 8.04. The second-order valence-corrected chi connectivity index (χ2v) is 11.9. The van der Waals surface area contributed by atoms with Crippen LogP contribution in [0.3, 0.4) is 0 Å².